The molecular weight excluding hydrogens is 264 g/mol. The summed E-state index contributed by atoms with van der Waals surface area (Å²) in [5.74, 6) is 0.883. The van der Waals surface area contributed by atoms with Crippen LogP contribution in [0.1, 0.15) is 12.5 Å². The summed E-state index contributed by atoms with van der Waals surface area (Å²) < 4.78 is 7.41. The van der Waals surface area contributed by atoms with E-state index in [9.17, 15) is 4.79 Å². The Hall–Kier alpha value is -2.07. The van der Waals surface area contributed by atoms with Gasteiger partial charge in [-0.15, -0.1) is 0 Å². The van der Waals surface area contributed by atoms with Crippen LogP contribution in [0.3, 0.4) is 0 Å². The number of hydrogen-bond donors (Lipinski definition) is 1. The van der Waals surface area contributed by atoms with Crippen LogP contribution < -0.4 is 15.6 Å². The fourth-order valence-electron chi connectivity index (χ4n) is 1.99. The summed E-state index contributed by atoms with van der Waals surface area (Å²) in [4.78, 5) is 11.5. The van der Waals surface area contributed by atoms with E-state index in [4.69, 9.17) is 4.74 Å². The van der Waals surface area contributed by atoms with Crippen molar-refractivity contribution >= 4 is 0 Å². The van der Waals surface area contributed by atoms with Gasteiger partial charge in [-0.05, 0) is 32.0 Å². The van der Waals surface area contributed by atoms with Crippen LogP contribution in [0.25, 0.3) is 0 Å². The molecule has 0 aliphatic heterocycles. The maximum atomic E-state index is 11.5. The quantitative estimate of drug-likeness (QED) is 0.848. The Morgan fingerprint density at radius 3 is 2.67 bits per heavy atom. The number of nitrogens with zero attached hydrogens (tertiary/aromatic N) is 1. The van der Waals surface area contributed by atoms with Gasteiger partial charge in [0, 0.05) is 31.4 Å². The molecule has 0 spiro atoms. The molecule has 0 aliphatic carbocycles. The lowest BCUT2D eigenvalue weighted by Gasteiger charge is -2.15. The molecule has 4 nitrogen and oxygen atoms in total. The highest BCUT2D eigenvalue weighted by Gasteiger charge is 2.03. The summed E-state index contributed by atoms with van der Waals surface area (Å²) in [5.41, 5.74) is 1.25. The molecule has 2 rings (SSSR count). The van der Waals surface area contributed by atoms with Crippen molar-refractivity contribution in [1.29, 1.82) is 0 Å². The van der Waals surface area contributed by atoms with E-state index >= 15 is 0 Å². The van der Waals surface area contributed by atoms with Gasteiger partial charge in [-0.3, -0.25) is 4.79 Å². The van der Waals surface area contributed by atoms with Gasteiger partial charge >= 0.3 is 0 Å². The molecule has 1 aromatic heterocycles. The summed E-state index contributed by atoms with van der Waals surface area (Å²) in [6.07, 6.45) is 1.80. The van der Waals surface area contributed by atoms with Crippen LogP contribution in [-0.4, -0.2) is 23.8 Å². The van der Waals surface area contributed by atoms with Crippen LogP contribution in [0.2, 0.25) is 0 Å². The fraction of sp³-hybridized carbons (Fsp3) is 0.353. The van der Waals surface area contributed by atoms with E-state index in [-0.39, 0.29) is 11.6 Å². The lowest BCUT2D eigenvalue weighted by Crippen LogP contribution is -2.35. The Kier molecular flexibility index (Phi) is 5.58. The van der Waals surface area contributed by atoms with Gasteiger partial charge < -0.3 is 14.6 Å². The van der Waals surface area contributed by atoms with Crippen LogP contribution in [-0.2, 0) is 6.54 Å². The average Bonchev–Trinajstić information content (AvgIpc) is 2.49. The lowest BCUT2D eigenvalue weighted by atomic mass is 10.2. The first kappa shape index (κ1) is 15.3. The third kappa shape index (κ3) is 5.08. The third-order valence-corrected chi connectivity index (χ3v) is 3.27. The minimum Gasteiger partial charge on any atom is -0.492 e. The van der Waals surface area contributed by atoms with Crippen molar-refractivity contribution in [2.75, 3.05) is 13.2 Å². The van der Waals surface area contributed by atoms with Gasteiger partial charge in [0.25, 0.3) is 5.56 Å². The summed E-state index contributed by atoms with van der Waals surface area (Å²) >= 11 is 0. The molecule has 1 N–H and O–H groups in total. The Morgan fingerprint density at radius 2 is 1.95 bits per heavy atom. The van der Waals surface area contributed by atoms with Gasteiger partial charge in [0.15, 0.2) is 0 Å². The first-order chi connectivity index (χ1) is 10.1. The highest BCUT2D eigenvalue weighted by molar-refractivity contribution is 5.26. The van der Waals surface area contributed by atoms with Crippen LogP contribution >= 0.6 is 0 Å². The number of ether oxygens (including phenoxy) is 1. The molecule has 112 valence electrons. The van der Waals surface area contributed by atoms with Crippen molar-refractivity contribution in [2.24, 2.45) is 0 Å². The first-order valence-electron chi connectivity index (χ1n) is 7.23. The molecule has 1 aromatic carbocycles. The number of aromatic nitrogens is 1. The predicted molar refractivity (Wildman–Crippen MR) is 84.8 cm³/mol. The Balaban J connectivity index is 1.70. The molecule has 21 heavy (non-hydrogen) atoms. The molecule has 0 bridgehead atoms. The molecule has 2 aromatic rings. The molecule has 4 heteroatoms. The summed E-state index contributed by atoms with van der Waals surface area (Å²) in [6, 6.07) is 13.5. The average molecular weight is 286 g/mol. The zero-order valence-electron chi connectivity index (χ0n) is 12.6. The lowest BCUT2D eigenvalue weighted by molar-refractivity contribution is 0.272. The van der Waals surface area contributed by atoms with Crippen molar-refractivity contribution in [1.82, 2.24) is 9.88 Å². The second kappa shape index (κ2) is 7.64. The van der Waals surface area contributed by atoms with E-state index in [1.165, 1.54) is 5.56 Å². The number of hydrogen-bond acceptors (Lipinski definition) is 3. The number of aryl methyl sites for hydroxylation is 1. The van der Waals surface area contributed by atoms with Gasteiger partial charge in [0.2, 0.25) is 0 Å². The smallest absolute Gasteiger partial charge is 0.250 e. The van der Waals surface area contributed by atoms with Crippen LogP contribution in [0.4, 0.5) is 0 Å². The molecular formula is C17H22N2O2. The predicted octanol–water partition coefficient (Wildman–Crippen LogP) is 2.21. The molecule has 0 aliphatic rings. The monoisotopic (exact) mass is 286 g/mol. The van der Waals surface area contributed by atoms with Crippen LogP contribution in [0, 0.1) is 6.92 Å². The number of rotatable bonds is 7. The zero-order chi connectivity index (χ0) is 15.1. The number of benzene rings is 1. The molecule has 1 heterocycles. The van der Waals surface area contributed by atoms with Gasteiger partial charge in [0.1, 0.15) is 12.4 Å². The number of pyridine rings is 1. The Labute approximate surface area is 125 Å². The second-order valence-corrected chi connectivity index (χ2v) is 5.21. The third-order valence-electron chi connectivity index (χ3n) is 3.27. The zero-order valence-corrected chi connectivity index (χ0v) is 12.6. The minimum atomic E-state index is 0.0304. The number of nitrogens with one attached hydrogen (secondary N) is 1. The van der Waals surface area contributed by atoms with Crippen molar-refractivity contribution in [3.63, 3.8) is 0 Å². The molecule has 1 unspecified atom stereocenters. The summed E-state index contributed by atoms with van der Waals surface area (Å²) in [7, 11) is 0. The molecule has 1 atom stereocenters. The van der Waals surface area contributed by atoms with Crippen molar-refractivity contribution in [2.45, 2.75) is 26.4 Å². The van der Waals surface area contributed by atoms with Crippen LogP contribution in [0.15, 0.2) is 53.5 Å². The molecule has 0 radical (unpaired) electrons. The maximum absolute atomic E-state index is 11.5. The standard InChI is InChI=1S/C17H22N2O2/c1-14-6-8-16(9-7-14)21-13-15(2)18-10-12-19-11-4-3-5-17(19)20/h3-9,11,15,18H,10,12-13H2,1-2H3. The van der Waals surface area contributed by atoms with E-state index in [1.807, 2.05) is 30.3 Å². The van der Waals surface area contributed by atoms with E-state index in [1.54, 1.807) is 22.9 Å². The maximum Gasteiger partial charge on any atom is 0.250 e. The van der Waals surface area contributed by atoms with Crippen molar-refractivity contribution < 1.29 is 4.74 Å². The van der Waals surface area contributed by atoms with Gasteiger partial charge in [-0.25, -0.2) is 0 Å². The molecule has 0 saturated carbocycles. The van der Waals surface area contributed by atoms with E-state index in [2.05, 4.69) is 19.2 Å². The topological polar surface area (TPSA) is 43.3 Å². The molecule has 0 fully saturated rings. The minimum absolute atomic E-state index is 0.0304. The molecule has 0 saturated heterocycles. The van der Waals surface area contributed by atoms with E-state index in [0.717, 1.165) is 12.3 Å². The highest BCUT2D eigenvalue weighted by Crippen LogP contribution is 2.11. The van der Waals surface area contributed by atoms with E-state index < -0.39 is 0 Å². The Morgan fingerprint density at radius 1 is 1.19 bits per heavy atom. The fourth-order valence-corrected chi connectivity index (χ4v) is 1.99. The second-order valence-electron chi connectivity index (χ2n) is 5.21. The highest BCUT2D eigenvalue weighted by atomic mass is 16.5. The normalized spacial score (nSPS) is 12.1. The molecule has 0 amide bonds. The first-order valence-corrected chi connectivity index (χ1v) is 7.23. The van der Waals surface area contributed by atoms with Gasteiger partial charge in [0.05, 0.1) is 0 Å². The summed E-state index contributed by atoms with van der Waals surface area (Å²) in [6.45, 7) is 6.13. The summed E-state index contributed by atoms with van der Waals surface area (Å²) in [5, 5.41) is 3.36. The van der Waals surface area contributed by atoms with Gasteiger partial charge in [-0.1, -0.05) is 23.8 Å². The largest absolute Gasteiger partial charge is 0.492 e. The van der Waals surface area contributed by atoms with Gasteiger partial charge in [-0.2, -0.15) is 0 Å². The SMILES string of the molecule is Cc1ccc(OCC(C)NCCn2ccccc2=O)cc1. The van der Waals surface area contributed by atoms with Crippen LogP contribution in [0.5, 0.6) is 5.75 Å². The Bertz CT molecular complexity index is 605. The van der Waals surface area contributed by atoms with E-state index in [0.29, 0.717) is 13.2 Å². The van der Waals surface area contributed by atoms with Crippen molar-refractivity contribution in [3.05, 3.63) is 64.6 Å². The van der Waals surface area contributed by atoms with Crippen molar-refractivity contribution in [3.8, 4) is 5.75 Å².